The van der Waals surface area contributed by atoms with E-state index in [1.54, 1.807) is 5.92 Å². The van der Waals surface area contributed by atoms with E-state index in [0.29, 0.717) is 5.16 Å². The molecule has 1 saturated carbocycles. The summed E-state index contributed by atoms with van der Waals surface area (Å²) in [5.74, 6) is 1.60. The Bertz CT molecular complexity index is 186. The van der Waals surface area contributed by atoms with Crippen molar-refractivity contribution in [1.82, 2.24) is 0 Å². The average Bonchev–Trinajstić information content (AvgIpc) is 2.73. The Hall–Kier alpha value is 0.430. The van der Waals surface area contributed by atoms with Gasteiger partial charge >= 0.3 is 0 Å². The summed E-state index contributed by atoms with van der Waals surface area (Å²) in [7, 11) is 0.200. The van der Waals surface area contributed by atoms with Gasteiger partial charge in [-0.1, -0.05) is 28.7 Å². The van der Waals surface area contributed by atoms with Gasteiger partial charge in [0.1, 0.15) is 0 Å². The van der Waals surface area contributed by atoms with Crippen molar-refractivity contribution in [3.63, 3.8) is 0 Å². The monoisotopic (exact) mass is 207 g/mol. The molecule has 0 bridgehead atoms. The van der Waals surface area contributed by atoms with Crippen LogP contribution in [0.1, 0.15) is 33.6 Å². The van der Waals surface area contributed by atoms with Gasteiger partial charge in [-0.05, 0) is 61.4 Å². The zero-order chi connectivity index (χ0) is 10.2. The lowest BCUT2D eigenvalue weighted by molar-refractivity contribution is 0.763. The smallest absolute Gasteiger partial charge is 0.00933 e. The van der Waals surface area contributed by atoms with Gasteiger partial charge in [0.2, 0.25) is 0 Å². The van der Waals surface area contributed by atoms with E-state index in [1.807, 2.05) is 0 Å². The molecule has 2 fully saturated rings. The van der Waals surface area contributed by atoms with Gasteiger partial charge < -0.3 is 0 Å². The van der Waals surface area contributed by atoms with Crippen molar-refractivity contribution in [3.05, 3.63) is 31.6 Å². The Kier molecular flexibility index (Phi) is 3.22. The van der Waals surface area contributed by atoms with Crippen molar-refractivity contribution >= 4 is 7.92 Å². The summed E-state index contributed by atoms with van der Waals surface area (Å²) < 4.78 is 0. The van der Waals surface area contributed by atoms with Crippen LogP contribution in [0.3, 0.4) is 0 Å². The number of hydrogen-bond donors (Lipinski definition) is 0. The fourth-order valence-corrected chi connectivity index (χ4v) is 5.99. The Labute approximate surface area is 90.6 Å². The van der Waals surface area contributed by atoms with Gasteiger partial charge in [-0.15, -0.1) is 0 Å². The topological polar surface area (TPSA) is 0 Å². The van der Waals surface area contributed by atoms with Crippen LogP contribution in [0.5, 0.6) is 0 Å². The van der Waals surface area contributed by atoms with Crippen LogP contribution in [0.2, 0.25) is 0 Å². The maximum absolute atomic E-state index is 2.42. The Morgan fingerprint density at radius 1 is 1.21 bits per heavy atom. The maximum Gasteiger partial charge on any atom is -0.00933 e. The Balaban J connectivity index is 2.02. The van der Waals surface area contributed by atoms with Crippen LogP contribution < -0.4 is 0 Å². The zero-order valence-electron chi connectivity index (χ0n) is 9.46. The third-order valence-electron chi connectivity index (χ3n) is 3.19. The average molecular weight is 207 g/mol. The first-order valence-corrected chi connectivity index (χ1v) is 7.17. The van der Waals surface area contributed by atoms with Crippen LogP contribution in [-0.2, 0) is 0 Å². The van der Waals surface area contributed by atoms with E-state index < -0.39 is 0 Å². The first-order valence-electron chi connectivity index (χ1n) is 5.57. The summed E-state index contributed by atoms with van der Waals surface area (Å²) in [5.41, 5.74) is 0.889. The van der Waals surface area contributed by atoms with Gasteiger partial charge in [0.15, 0.2) is 0 Å². The van der Waals surface area contributed by atoms with Crippen LogP contribution in [0, 0.1) is 31.6 Å². The molecule has 14 heavy (non-hydrogen) atoms. The highest BCUT2D eigenvalue weighted by atomic mass is 31.1. The molecule has 2 atom stereocenters. The lowest BCUT2D eigenvalue weighted by atomic mass is 10.0. The van der Waals surface area contributed by atoms with Crippen molar-refractivity contribution in [3.8, 4) is 0 Å². The van der Waals surface area contributed by atoms with E-state index in [-0.39, 0.29) is 7.92 Å². The van der Waals surface area contributed by atoms with Crippen molar-refractivity contribution in [2.45, 2.75) is 44.4 Å². The van der Waals surface area contributed by atoms with Crippen LogP contribution in [0.15, 0.2) is 0 Å². The maximum atomic E-state index is 2.42. The number of rotatable bonds is 1. The molecule has 0 aromatic carbocycles. The molecular weight excluding hydrogens is 187 g/mol. The molecule has 1 aliphatic carbocycles. The highest BCUT2D eigenvalue weighted by Gasteiger charge is 2.40. The van der Waals surface area contributed by atoms with Gasteiger partial charge in [0.25, 0.3) is 0 Å². The molecule has 5 radical (unpaired) electrons. The van der Waals surface area contributed by atoms with Gasteiger partial charge in [0.05, 0.1) is 0 Å². The SMILES string of the molecule is CC(C)(C)[P@]1CCC[C@@H]1[C]1[CH][CH][CH][CH]1. The second-order valence-corrected chi connectivity index (χ2v) is 8.59. The third kappa shape index (κ3) is 2.16. The highest BCUT2D eigenvalue weighted by molar-refractivity contribution is 7.60. The molecule has 1 heterocycles. The minimum atomic E-state index is 0.200. The lowest BCUT2D eigenvalue weighted by Crippen LogP contribution is -2.21. The summed E-state index contributed by atoms with van der Waals surface area (Å²) >= 11 is 0. The third-order valence-corrected chi connectivity index (χ3v) is 7.02. The second kappa shape index (κ2) is 4.12. The highest BCUT2D eigenvalue weighted by Crippen LogP contribution is 2.63. The lowest BCUT2D eigenvalue weighted by Gasteiger charge is -2.35. The molecule has 2 aliphatic rings. The molecule has 0 unspecified atom stereocenters. The Morgan fingerprint density at radius 3 is 2.43 bits per heavy atom. The summed E-state index contributed by atoms with van der Waals surface area (Å²) in [5, 5.41) is 0.535. The van der Waals surface area contributed by atoms with E-state index in [2.05, 4.69) is 46.5 Å². The van der Waals surface area contributed by atoms with Gasteiger partial charge in [-0.25, -0.2) is 0 Å². The van der Waals surface area contributed by atoms with E-state index in [1.165, 1.54) is 19.0 Å². The summed E-state index contributed by atoms with van der Waals surface area (Å²) in [6, 6.07) is 0. The minimum absolute atomic E-state index is 0.200. The van der Waals surface area contributed by atoms with Gasteiger partial charge in [0, 0.05) is 0 Å². The quantitative estimate of drug-likeness (QED) is 0.573. The predicted molar refractivity (Wildman–Crippen MR) is 65.0 cm³/mol. The fourth-order valence-electron chi connectivity index (χ4n) is 2.53. The van der Waals surface area contributed by atoms with Gasteiger partial charge in [-0.2, -0.15) is 0 Å². The molecule has 0 nitrogen and oxygen atoms in total. The molecule has 2 rings (SSSR count). The molecule has 0 aromatic heterocycles. The van der Waals surface area contributed by atoms with E-state index in [0.717, 1.165) is 5.66 Å². The first-order chi connectivity index (χ1) is 6.59. The largest absolute Gasteiger partial charge is 0.0974 e. The van der Waals surface area contributed by atoms with Crippen LogP contribution >= 0.6 is 7.92 Å². The second-order valence-electron chi connectivity index (χ2n) is 5.24. The summed E-state index contributed by atoms with van der Waals surface area (Å²) in [6.45, 7) is 7.25. The fraction of sp³-hybridized carbons (Fsp3) is 0.615. The van der Waals surface area contributed by atoms with Crippen molar-refractivity contribution in [1.29, 1.82) is 0 Å². The van der Waals surface area contributed by atoms with E-state index in [9.17, 15) is 0 Å². The van der Waals surface area contributed by atoms with Crippen LogP contribution in [-0.4, -0.2) is 17.0 Å². The molecule has 0 N–H and O–H groups in total. The molecule has 0 spiro atoms. The molecule has 1 saturated heterocycles. The zero-order valence-corrected chi connectivity index (χ0v) is 10.3. The van der Waals surface area contributed by atoms with E-state index in [4.69, 9.17) is 0 Å². The molecule has 1 heteroatoms. The molecular formula is C13H20P. The van der Waals surface area contributed by atoms with Gasteiger partial charge in [-0.3, -0.25) is 0 Å². The Morgan fingerprint density at radius 2 is 1.86 bits per heavy atom. The predicted octanol–water partition coefficient (Wildman–Crippen LogP) is 3.83. The van der Waals surface area contributed by atoms with Crippen molar-refractivity contribution in [2.24, 2.45) is 0 Å². The van der Waals surface area contributed by atoms with Crippen LogP contribution in [0.4, 0.5) is 0 Å². The normalized spacial score (nSPS) is 35.4. The number of hydrogen-bond acceptors (Lipinski definition) is 0. The molecule has 77 valence electrons. The van der Waals surface area contributed by atoms with E-state index >= 15 is 0 Å². The summed E-state index contributed by atoms with van der Waals surface area (Å²) in [4.78, 5) is 0. The minimum Gasteiger partial charge on any atom is -0.0974 e. The first kappa shape index (κ1) is 10.9. The molecule has 0 aromatic rings. The standard InChI is InChI=1S/C13H20P/c1-13(2,3)14-10-6-9-12(14)11-7-4-5-8-11/h4-5,7-8,12H,6,9-10H2,1-3H3/t12-,14-/m1/s1. The summed E-state index contributed by atoms with van der Waals surface area (Å²) in [6.07, 6.45) is 13.3. The molecule has 1 aliphatic heterocycles. The van der Waals surface area contributed by atoms with Crippen LogP contribution in [0.25, 0.3) is 0 Å². The molecule has 0 amide bonds. The van der Waals surface area contributed by atoms with Crippen molar-refractivity contribution in [2.75, 3.05) is 6.16 Å². The van der Waals surface area contributed by atoms with Crippen molar-refractivity contribution < 1.29 is 0 Å².